The number of aromatic nitrogens is 1. The SMILES string of the molecule is C=C1/C=C\C=C/Cc2ccccc2N1c1cccc(-c2cc(-c3ccccc3)cc(-c3cccc(N(C4=CC=CCC4)C4=C(C)CCC=C4)c3)n2)c1. The van der Waals surface area contributed by atoms with Crippen molar-refractivity contribution in [2.24, 2.45) is 0 Å². The van der Waals surface area contributed by atoms with Crippen molar-refractivity contribution in [3.63, 3.8) is 0 Å². The molecule has 4 aromatic carbocycles. The molecule has 0 bridgehead atoms. The second-order valence-electron chi connectivity index (χ2n) is 13.6. The summed E-state index contributed by atoms with van der Waals surface area (Å²) in [6.07, 6.45) is 24.9. The van der Waals surface area contributed by atoms with Gasteiger partial charge < -0.3 is 9.80 Å². The van der Waals surface area contributed by atoms with Crippen molar-refractivity contribution in [2.75, 3.05) is 9.80 Å². The highest BCUT2D eigenvalue weighted by atomic mass is 15.2. The largest absolute Gasteiger partial charge is 0.314 e. The number of para-hydroxylation sites is 1. The zero-order valence-corrected chi connectivity index (χ0v) is 29.8. The Hall–Kier alpha value is -6.19. The van der Waals surface area contributed by atoms with Crippen LogP contribution in [0.1, 0.15) is 38.2 Å². The Labute approximate surface area is 308 Å². The van der Waals surface area contributed by atoms with Gasteiger partial charge in [-0.3, -0.25) is 0 Å². The van der Waals surface area contributed by atoms with Gasteiger partial charge in [0.25, 0.3) is 0 Å². The van der Waals surface area contributed by atoms with Gasteiger partial charge in [-0.05, 0) is 122 Å². The van der Waals surface area contributed by atoms with Gasteiger partial charge in [-0.25, -0.2) is 4.98 Å². The van der Waals surface area contributed by atoms with Crippen LogP contribution < -0.4 is 9.80 Å². The maximum absolute atomic E-state index is 5.40. The summed E-state index contributed by atoms with van der Waals surface area (Å²) in [6.45, 7) is 6.76. The molecule has 0 radical (unpaired) electrons. The van der Waals surface area contributed by atoms with Gasteiger partial charge in [-0.2, -0.15) is 0 Å². The van der Waals surface area contributed by atoms with Gasteiger partial charge in [0.15, 0.2) is 0 Å². The molecule has 8 rings (SSSR count). The van der Waals surface area contributed by atoms with Gasteiger partial charge >= 0.3 is 0 Å². The maximum Gasteiger partial charge on any atom is 0.0716 e. The first kappa shape index (κ1) is 33.0. The molecule has 254 valence electrons. The average Bonchev–Trinajstić information content (AvgIpc) is 3.28. The first-order valence-electron chi connectivity index (χ1n) is 18.3. The minimum atomic E-state index is 0.853. The van der Waals surface area contributed by atoms with E-state index in [-0.39, 0.29) is 0 Å². The zero-order chi connectivity index (χ0) is 35.3. The van der Waals surface area contributed by atoms with Crippen LogP contribution in [0.25, 0.3) is 33.6 Å². The van der Waals surface area contributed by atoms with Crippen LogP contribution in [-0.4, -0.2) is 4.98 Å². The van der Waals surface area contributed by atoms with Gasteiger partial charge in [-0.15, -0.1) is 0 Å². The van der Waals surface area contributed by atoms with Crippen molar-refractivity contribution < 1.29 is 0 Å². The lowest BCUT2D eigenvalue weighted by atomic mass is 9.98. The predicted octanol–water partition coefficient (Wildman–Crippen LogP) is 13.1. The molecule has 3 heteroatoms. The molecule has 0 unspecified atom stereocenters. The number of hydrogen-bond acceptors (Lipinski definition) is 3. The third-order valence-electron chi connectivity index (χ3n) is 10.0. The quantitative estimate of drug-likeness (QED) is 0.171. The number of hydrogen-bond donors (Lipinski definition) is 0. The molecule has 3 aliphatic rings. The Kier molecular flexibility index (Phi) is 9.49. The van der Waals surface area contributed by atoms with Gasteiger partial charge in [0.05, 0.1) is 11.4 Å². The van der Waals surface area contributed by atoms with E-state index in [1.54, 1.807) is 0 Å². The molecule has 0 spiro atoms. The number of benzene rings is 4. The number of pyridine rings is 1. The normalized spacial score (nSPS) is 16.8. The van der Waals surface area contributed by atoms with E-state index in [0.29, 0.717) is 0 Å². The molecule has 2 aliphatic carbocycles. The van der Waals surface area contributed by atoms with Crippen LogP contribution >= 0.6 is 0 Å². The summed E-state index contributed by atoms with van der Waals surface area (Å²) in [5.74, 6) is 0. The molecule has 1 aliphatic heterocycles. The second-order valence-corrected chi connectivity index (χ2v) is 13.6. The molecule has 3 nitrogen and oxygen atoms in total. The summed E-state index contributed by atoms with van der Waals surface area (Å²) in [5, 5.41) is 0. The van der Waals surface area contributed by atoms with Crippen molar-refractivity contribution in [1.82, 2.24) is 4.98 Å². The Balaban J connectivity index is 1.25. The van der Waals surface area contributed by atoms with Gasteiger partial charge in [0.1, 0.15) is 0 Å². The van der Waals surface area contributed by atoms with Crippen LogP contribution in [0.4, 0.5) is 17.1 Å². The lowest BCUT2D eigenvalue weighted by molar-refractivity contribution is 0.864. The van der Waals surface area contributed by atoms with Gasteiger partial charge in [-0.1, -0.05) is 116 Å². The standard InChI is InChI=1S/C49H43N3/c1-36-18-12-14-30-48(36)52(43-26-10-5-11-27-43)45-29-17-25-41(33-45)47-35-42(38-20-7-4-8-21-38)34-46(50-47)40-24-16-28-44(32-40)51-37(2)19-6-3-9-22-39-23-13-15-31-49(39)51/h3-10,13-17,19-21,23-26,28-35H,2,11-12,18,22,27H2,1H3/b9-3-,19-6-. The molecule has 0 saturated heterocycles. The smallest absolute Gasteiger partial charge is 0.0716 e. The van der Waals surface area contributed by atoms with Crippen molar-refractivity contribution in [1.29, 1.82) is 0 Å². The highest BCUT2D eigenvalue weighted by Crippen LogP contribution is 2.39. The molecule has 1 aromatic heterocycles. The fourth-order valence-corrected chi connectivity index (χ4v) is 7.37. The molecular formula is C49H43N3. The van der Waals surface area contributed by atoms with Crippen LogP contribution in [0.2, 0.25) is 0 Å². The van der Waals surface area contributed by atoms with Crippen LogP contribution in [0.15, 0.2) is 199 Å². The number of rotatable bonds is 7. The predicted molar refractivity (Wildman–Crippen MR) is 220 cm³/mol. The minimum absolute atomic E-state index is 0.853. The third-order valence-corrected chi connectivity index (χ3v) is 10.0. The lowest BCUT2D eigenvalue weighted by Crippen LogP contribution is -2.23. The van der Waals surface area contributed by atoms with E-state index in [0.717, 1.165) is 88.5 Å². The second kappa shape index (κ2) is 15.0. The van der Waals surface area contributed by atoms with E-state index in [9.17, 15) is 0 Å². The molecule has 0 atom stereocenters. The highest BCUT2D eigenvalue weighted by Gasteiger charge is 2.21. The van der Waals surface area contributed by atoms with E-state index in [4.69, 9.17) is 4.98 Å². The zero-order valence-electron chi connectivity index (χ0n) is 29.8. The van der Waals surface area contributed by atoms with Crippen molar-refractivity contribution in [3.8, 4) is 33.6 Å². The van der Waals surface area contributed by atoms with E-state index in [2.05, 4.69) is 193 Å². The fourth-order valence-electron chi connectivity index (χ4n) is 7.37. The first-order chi connectivity index (χ1) is 25.6. The van der Waals surface area contributed by atoms with E-state index in [1.807, 2.05) is 0 Å². The summed E-state index contributed by atoms with van der Waals surface area (Å²) in [6, 6.07) is 41.3. The summed E-state index contributed by atoms with van der Waals surface area (Å²) >= 11 is 0. The number of anilines is 3. The molecule has 52 heavy (non-hydrogen) atoms. The van der Waals surface area contributed by atoms with Gasteiger partial charge in [0, 0.05) is 45.3 Å². The molecular weight excluding hydrogens is 631 g/mol. The highest BCUT2D eigenvalue weighted by molar-refractivity contribution is 5.81. The van der Waals surface area contributed by atoms with E-state index >= 15 is 0 Å². The lowest BCUT2D eigenvalue weighted by Gasteiger charge is -2.32. The summed E-state index contributed by atoms with van der Waals surface area (Å²) < 4.78 is 0. The first-order valence-corrected chi connectivity index (χ1v) is 18.3. The monoisotopic (exact) mass is 673 g/mol. The van der Waals surface area contributed by atoms with E-state index < -0.39 is 0 Å². The minimum Gasteiger partial charge on any atom is -0.314 e. The summed E-state index contributed by atoms with van der Waals surface area (Å²) in [5.41, 5.74) is 15.8. The molecule has 0 N–H and O–H groups in total. The fraction of sp³-hybridized carbons (Fsp3) is 0.122. The molecule has 0 saturated carbocycles. The summed E-state index contributed by atoms with van der Waals surface area (Å²) in [4.78, 5) is 10.1. The third kappa shape index (κ3) is 6.91. The molecule has 2 heterocycles. The van der Waals surface area contributed by atoms with Crippen LogP contribution in [0.5, 0.6) is 0 Å². The van der Waals surface area contributed by atoms with Gasteiger partial charge in [0.2, 0.25) is 0 Å². The number of allylic oxidation sites excluding steroid dienone is 11. The van der Waals surface area contributed by atoms with E-state index in [1.165, 1.54) is 22.5 Å². The van der Waals surface area contributed by atoms with Crippen molar-refractivity contribution >= 4 is 17.1 Å². The average molecular weight is 674 g/mol. The Morgan fingerprint density at radius 2 is 1.38 bits per heavy atom. The number of nitrogens with zero attached hydrogens (tertiary/aromatic N) is 3. The number of fused-ring (bicyclic) bond motifs is 1. The Morgan fingerprint density at radius 1 is 0.635 bits per heavy atom. The van der Waals surface area contributed by atoms with Crippen LogP contribution in [0.3, 0.4) is 0 Å². The molecule has 0 amide bonds. The van der Waals surface area contributed by atoms with Crippen LogP contribution in [-0.2, 0) is 6.42 Å². The van der Waals surface area contributed by atoms with Crippen molar-refractivity contribution in [2.45, 2.75) is 39.0 Å². The maximum atomic E-state index is 5.40. The molecule has 0 fully saturated rings. The topological polar surface area (TPSA) is 19.4 Å². The summed E-state index contributed by atoms with van der Waals surface area (Å²) in [7, 11) is 0. The van der Waals surface area contributed by atoms with Crippen LogP contribution in [0, 0.1) is 0 Å². The Bertz CT molecular complexity index is 2310. The molecule has 5 aromatic rings. The Morgan fingerprint density at radius 3 is 2.19 bits per heavy atom. The van der Waals surface area contributed by atoms with Crippen molar-refractivity contribution in [3.05, 3.63) is 205 Å².